The van der Waals surface area contributed by atoms with Crippen molar-refractivity contribution < 1.29 is 4.79 Å². The van der Waals surface area contributed by atoms with Crippen LogP contribution in [-0.4, -0.2) is 11.6 Å². The fourth-order valence-corrected chi connectivity index (χ4v) is 2.58. The van der Waals surface area contributed by atoms with Crippen molar-refractivity contribution in [2.24, 2.45) is 16.9 Å². The van der Waals surface area contributed by atoms with Crippen LogP contribution in [-0.2, 0) is 0 Å². The van der Waals surface area contributed by atoms with E-state index in [0.717, 1.165) is 18.6 Å². The van der Waals surface area contributed by atoms with Gasteiger partial charge in [0.1, 0.15) is 0 Å². The van der Waals surface area contributed by atoms with Crippen molar-refractivity contribution >= 4 is 23.2 Å². The Morgan fingerprint density at radius 1 is 1.33 bits per heavy atom. The Kier molecular flexibility index (Phi) is 2.92. The molecule has 1 N–H and O–H groups in total. The number of carbonyl (C=O) groups excluding carboxylic acids is 1. The van der Waals surface area contributed by atoms with Crippen LogP contribution in [0.5, 0.6) is 0 Å². The summed E-state index contributed by atoms with van der Waals surface area (Å²) in [7, 11) is 0. The summed E-state index contributed by atoms with van der Waals surface area (Å²) in [5.74, 6) is 0.986. The summed E-state index contributed by atoms with van der Waals surface area (Å²) in [6.07, 6.45) is 6.46. The summed E-state index contributed by atoms with van der Waals surface area (Å²) < 4.78 is 0. The molecule has 3 nitrogen and oxygen atoms in total. The van der Waals surface area contributed by atoms with E-state index >= 15 is 0 Å². The molecule has 1 aromatic rings. The summed E-state index contributed by atoms with van der Waals surface area (Å²) in [5.41, 5.74) is 4.29. The molecule has 92 valence electrons. The highest BCUT2D eigenvalue weighted by Crippen LogP contribution is 2.40. The van der Waals surface area contributed by atoms with Crippen LogP contribution >= 0.6 is 11.6 Å². The third-order valence-electron chi connectivity index (χ3n) is 3.57. The van der Waals surface area contributed by atoms with Gasteiger partial charge in [0.2, 0.25) is 0 Å². The quantitative estimate of drug-likeness (QED) is 0.645. The monoisotopic (exact) mass is 260 g/mol. The van der Waals surface area contributed by atoms with E-state index in [1.165, 1.54) is 0 Å². The van der Waals surface area contributed by atoms with Crippen LogP contribution in [0.2, 0.25) is 5.02 Å². The second kappa shape index (κ2) is 4.58. The van der Waals surface area contributed by atoms with Crippen LogP contribution in [0.15, 0.2) is 41.5 Å². The van der Waals surface area contributed by atoms with Gasteiger partial charge in [-0.15, -0.1) is 0 Å². The fourth-order valence-electron chi connectivity index (χ4n) is 2.45. The molecule has 2 atom stereocenters. The number of nitrogens with zero attached hydrogens (tertiary/aromatic N) is 1. The third kappa shape index (κ3) is 2.06. The average molecular weight is 261 g/mol. The minimum Gasteiger partial charge on any atom is -0.267 e. The topological polar surface area (TPSA) is 41.5 Å². The van der Waals surface area contributed by atoms with Crippen molar-refractivity contribution in [3.63, 3.8) is 0 Å². The molecule has 4 heteroatoms. The van der Waals surface area contributed by atoms with Crippen molar-refractivity contribution in [1.82, 2.24) is 5.43 Å². The standard InChI is InChI=1S/C14H13ClN2O/c15-11-6-4-9(5-7-11)14(18)17-16-13-8-10-2-1-3-12(10)13/h1-2,4-7,10,12H,3,8H2,(H,17,18)/b16-13+/t10-,12-/m1/s1. The number of nitrogens with one attached hydrogen (secondary N) is 1. The number of allylic oxidation sites excluding steroid dienone is 2. The zero-order valence-electron chi connectivity index (χ0n) is 9.77. The van der Waals surface area contributed by atoms with Crippen LogP contribution in [0, 0.1) is 11.8 Å². The second-order valence-electron chi connectivity index (χ2n) is 4.69. The minimum atomic E-state index is -0.187. The third-order valence-corrected chi connectivity index (χ3v) is 3.82. The largest absolute Gasteiger partial charge is 0.271 e. The summed E-state index contributed by atoms with van der Waals surface area (Å²) in [4.78, 5) is 11.8. The molecular weight excluding hydrogens is 248 g/mol. The molecule has 1 aromatic carbocycles. The molecule has 0 aromatic heterocycles. The lowest BCUT2D eigenvalue weighted by atomic mass is 9.74. The lowest BCUT2D eigenvalue weighted by molar-refractivity contribution is 0.0954. The van der Waals surface area contributed by atoms with Crippen molar-refractivity contribution in [1.29, 1.82) is 0 Å². The van der Waals surface area contributed by atoms with E-state index in [0.29, 0.717) is 22.4 Å². The molecule has 0 heterocycles. The SMILES string of the molecule is O=C(N/N=C1\C[C@H]2C=CC[C@@H]12)c1ccc(Cl)cc1. The van der Waals surface area contributed by atoms with Gasteiger partial charge in [0.25, 0.3) is 5.91 Å². The van der Waals surface area contributed by atoms with Gasteiger partial charge in [0.15, 0.2) is 0 Å². The van der Waals surface area contributed by atoms with Crippen LogP contribution in [0.4, 0.5) is 0 Å². The zero-order chi connectivity index (χ0) is 12.5. The first kappa shape index (κ1) is 11.5. The highest BCUT2D eigenvalue weighted by molar-refractivity contribution is 6.30. The molecule has 0 unspecified atom stereocenters. The Bertz CT molecular complexity index is 533. The maximum absolute atomic E-state index is 11.8. The first-order valence-electron chi connectivity index (χ1n) is 6.03. The second-order valence-corrected chi connectivity index (χ2v) is 5.13. The van der Waals surface area contributed by atoms with Crippen molar-refractivity contribution in [3.05, 3.63) is 47.0 Å². The number of benzene rings is 1. The summed E-state index contributed by atoms with van der Waals surface area (Å²) in [6.45, 7) is 0. The Morgan fingerprint density at radius 2 is 2.11 bits per heavy atom. The lowest BCUT2D eigenvalue weighted by Crippen LogP contribution is -2.35. The van der Waals surface area contributed by atoms with Crippen LogP contribution in [0.3, 0.4) is 0 Å². The van der Waals surface area contributed by atoms with E-state index in [1.54, 1.807) is 24.3 Å². The number of hydrogen-bond acceptors (Lipinski definition) is 2. The number of rotatable bonds is 2. The van der Waals surface area contributed by atoms with Crippen molar-refractivity contribution in [2.45, 2.75) is 12.8 Å². The summed E-state index contributed by atoms with van der Waals surface area (Å²) in [6, 6.07) is 6.78. The van der Waals surface area contributed by atoms with Gasteiger partial charge >= 0.3 is 0 Å². The van der Waals surface area contributed by atoms with Crippen molar-refractivity contribution in [2.75, 3.05) is 0 Å². The van der Waals surface area contributed by atoms with Gasteiger partial charge in [-0.05, 0) is 43.0 Å². The average Bonchev–Trinajstić information content (AvgIpc) is 2.72. The molecular formula is C14H13ClN2O. The van der Waals surface area contributed by atoms with E-state index in [1.807, 2.05) is 0 Å². The first-order valence-corrected chi connectivity index (χ1v) is 6.41. The zero-order valence-corrected chi connectivity index (χ0v) is 10.5. The van der Waals surface area contributed by atoms with Crippen molar-refractivity contribution in [3.8, 4) is 0 Å². The van der Waals surface area contributed by atoms with Gasteiger partial charge in [0.05, 0.1) is 0 Å². The molecule has 0 bridgehead atoms. The van der Waals surface area contributed by atoms with Gasteiger partial charge in [-0.3, -0.25) is 4.79 Å². The number of amides is 1. The number of fused-ring (bicyclic) bond motifs is 1. The molecule has 0 aliphatic heterocycles. The smallest absolute Gasteiger partial charge is 0.267 e. The molecule has 2 aliphatic carbocycles. The van der Waals surface area contributed by atoms with Gasteiger partial charge in [-0.25, -0.2) is 5.43 Å². The minimum absolute atomic E-state index is 0.187. The molecule has 3 rings (SSSR count). The van der Waals surface area contributed by atoms with E-state index in [4.69, 9.17) is 11.6 Å². The number of carbonyl (C=O) groups is 1. The molecule has 0 saturated heterocycles. The van der Waals surface area contributed by atoms with Gasteiger partial charge in [-0.2, -0.15) is 5.10 Å². The van der Waals surface area contributed by atoms with Gasteiger partial charge in [-0.1, -0.05) is 23.8 Å². The predicted octanol–water partition coefficient (Wildman–Crippen LogP) is 3.02. The number of hydrogen-bond donors (Lipinski definition) is 1. The van der Waals surface area contributed by atoms with E-state index < -0.39 is 0 Å². The number of hydrazone groups is 1. The van der Waals surface area contributed by atoms with Crippen LogP contribution in [0.25, 0.3) is 0 Å². The maximum atomic E-state index is 11.8. The van der Waals surface area contributed by atoms with Gasteiger partial charge < -0.3 is 0 Å². The van der Waals surface area contributed by atoms with E-state index in [-0.39, 0.29) is 5.91 Å². The normalized spacial score (nSPS) is 26.8. The van der Waals surface area contributed by atoms with Crippen LogP contribution < -0.4 is 5.43 Å². The molecule has 0 spiro atoms. The van der Waals surface area contributed by atoms with Crippen LogP contribution in [0.1, 0.15) is 23.2 Å². The Labute approximate surface area is 111 Å². The first-order chi connectivity index (χ1) is 8.74. The fraction of sp³-hybridized carbons (Fsp3) is 0.286. The number of halogens is 1. The van der Waals surface area contributed by atoms with Gasteiger partial charge in [0, 0.05) is 22.2 Å². The molecule has 1 saturated carbocycles. The predicted molar refractivity (Wildman–Crippen MR) is 71.7 cm³/mol. The van der Waals surface area contributed by atoms with E-state index in [2.05, 4.69) is 22.7 Å². The lowest BCUT2D eigenvalue weighted by Gasteiger charge is -2.31. The molecule has 0 radical (unpaired) electrons. The molecule has 1 fully saturated rings. The Morgan fingerprint density at radius 3 is 2.83 bits per heavy atom. The molecule has 18 heavy (non-hydrogen) atoms. The Balaban J connectivity index is 1.62. The summed E-state index contributed by atoms with van der Waals surface area (Å²) in [5, 5.41) is 4.84. The summed E-state index contributed by atoms with van der Waals surface area (Å²) >= 11 is 5.77. The molecule has 1 amide bonds. The highest BCUT2D eigenvalue weighted by atomic mass is 35.5. The highest BCUT2D eigenvalue weighted by Gasteiger charge is 2.37. The molecule has 2 aliphatic rings. The van der Waals surface area contributed by atoms with E-state index in [9.17, 15) is 4.79 Å². The maximum Gasteiger partial charge on any atom is 0.271 e. The Hall–Kier alpha value is -1.61.